The van der Waals surface area contributed by atoms with E-state index >= 15 is 0 Å². The number of fused-ring (bicyclic) bond motifs is 2. The Balaban J connectivity index is 0.000000178. The highest BCUT2D eigenvalue weighted by atomic mass is 35.5. The van der Waals surface area contributed by atoms with Gasteiger partial charge in [0, 0.05) is 93.6 Å². The van der Waals surface area contributed by atoms with Crippen molar-refractivity contribution in [2.75, 3.05) is 89.4 Å². The Bertz CT molecular complexity index is 3310. The minimum Gasteiger partial charge on any atom is -0.481 e. The van der Waals surface area contributed by atoms with Gasteiger partial charge in [0.1, 0.15) is 41.7 Å². The van der Waals surface area contributed by atoms with Crippen LogP contribution in [0, 0.1) is 11.8 Å². The highest BCUT2D eigenvalue weighted by Crippen LogP contribution is 2.36. The van der Waals surface area contributed by atoms with E-state index in [9.17, 15) is 38.4 Å². The minimum atomic E-state index is -0.702. The molecule has 2 aliphatic carbocycles. The average molecular weight is 1150 g/mol. The summed E-state index contributed by atoms with van der Waals surface area (Å²) in [5.74, 6) is -2.57. The van der Waals surface area contributed by atoms with Gasteiger partial charge in [-0.15, -0.1) is 0 Å². The Kier molecular flexibility index (Phi) is 19.3. The number of amides is 7. The third kappa shape index (κ3) is 14.4. The highest BCUT2D eigenvalue weighted by Gasteiger charge is 2.35. The fraction of sp³-hybridized carbons (Fsp3) is 0.393. The monoisotopic (exact) mass is 1150 g/mol. The number of pyridine rings is 2. The van der Waals surface area contributed by atoms with E-state index in [0.717, 1.165) is 12.8 Å². The van der Waals surface area contributed by atoms with Crippen LogP contribution in [0.25, 0.3) is 21.9 Å². The molecule has 4 aromatic heterocycles. The van der Waals surface area contributed by atoms with Gasteiger partial charge in [-0.2, -0.15) is 0 Å². The predicted octanol–water partition coefficient (Wildman–Crippen LogP) is 7.30. The van der Waals surface area contributed by atoms with Crippen molar-refractivity contribution in [2.45, 2.75) is 63.5 Å². The molecule has 6 aromatic rings. The second-order valence-electron chi connectivity index (χ2n) is 20.2. The number of nitrogens with zero attached hydrogens (tertiary/aromatic N) is 6. The summed E-state index contributed by atoms with van der Waals surface area (Å²) < 4.78 is 21.7. The number of carboxylic acid groups (broad SMARTS) is 1. The van der Waals surface area contributed by atoms with E-state index in [1.165, 1.54) is 22.2 Å². The summed E-state index contributed by atoms with van der Waals surface area (Å²) in [5, 5.41) is 18.9. The fourth-order valence-corrected chi connectivity index (χ4v) is 10.3. The van der Waals surface area contributed by atoms with Gasteiger partial charge in [-0.3, -0.25) is 38.4 Å². The van der Waals surface area contributed by atoms with Crippen LogP contribution in [0.5, 0.6) is 0 Å². The van der Waals surface area contributed by atoms with E-state index < -0.39 is 17.8 Å². The molecule has 6 N–H and O–H groups in total. The lowest BCUT2D eigenvalue weighted by atomic mass is 9.84. The van der Waals surface area contributed by atoms with Crippen molar-refractivity contribution in [3.05, 3.63) is 106 Å². The lowest BCUT2D eigenvalue weighted by Crippen LogP contribution is -2.49. The normalized spacial score (nSPS) is 19.1. The maximum Gasteiger partial charge on any atom is 0.306 e. The van der Waals surface area contributed by atoms with Crippen molar-refractivity contribution in [3.8, 4) is 0 Å². The zero-order valence-electron chi connectivity index (χ0n) is 45.0. The number of nitrogens with one attached hydrogen (secondary N) is 3. The molecule has 4 aliphatic rings. The number of hydrogen-bond acceptors (Lipinski definition) is 15. The van der Waals surface area contributed by atoms with Gasteiger partial charge in [0.05, 0.1) is 34.9 Å². The Labute approximate surface area is 475 Å². The topological polar surface area (TPSA) is 302 Å². The SMILES string of the molecule is CN(C)C(=O)c1ccc2oc(C(=O)Nc3ccc(Cl)cn3)c(N)c2c1.CN(C)C(=O)c1ccc2oc(C(=O)Nc3ccc(Cl)cn3)c(NC(=O)C3CCC(N4CCOCC4=O)CC3)c2c1.O=C(O)C1CCC(N2CCOCC2=O)CC1. The van der Waals surface area contributed by atoms with Crippen molar-refractivity contribution >= 4 is 115 Å². The molecule has 10 rings (SSSR count). The zero-order valence-corrected chi connectivity index (χ0v) is 46.5. The molecule has 428 valence electrons. The summed E-state index contributed by atoms with van der Waals surface area (Å²) in [6.07, 6.45) is 8.40. The number of halogens is 2. The van der Waals surface area contributed by atoms with Gasteiger partial charge in [0.2, 0.25) is 29.2 Å². The van der Waals surface area contributed by atoms with Gasteiger partial charge in [0.25, 0.3) is 23.6 Å². The van der Waals surface area contributed by atoms with Crippen LogP contribution in [0.2, 0.25) is 10.0 Å². The Hall–Kier alpha value is -8.12. The highest BCUT2D eigenvalue weighted by molar-refractivity contribution is 6.30. The second kappa shape index (κ2) is 26.4. The molecule has 7 amide bonds. The molecule has 2 saturated carbocycles. The predicted molar refractivity (Wildman–Crippen MR) is 300 cm³/mol. The summed E-state index contributed by atoms with van der Waals surface area (Å²) in [6, 6.07) is 16.3. The van der Waals surface area contributed by atoms with Gasteiger partial charge in [0.15, 0.2) is 0 Å². The lowest BCUT2D eigenvalue weighted by Gasteiger charge is -2.38. The molecular weight excluding hydrogens is 1090 g/mol. The number of nitrogen functional groups attached to an aromatic ring is 1. The van der Waals surface area contributed by atoms with Crippen molar-refractivity contribution in [3.63, 3.8) is 0 Å². The molecule has 2 saturated heterocycles. The number of carboxylic acids is 1. The summed E-state index contributed by atoms with van der Waals surface area (Å²) in [4.78, 5) is 113. The van der Waals surface area contributed by atoms with Crippen LogP contribution in [-0.2, 0) is 28.7 Å². The molecule has 25 heteroatoms. The molecule has 0 bridgehead atoms. The number of morpholine rings is 2. The number of furan rings is 2. The Morgan fingerprint density at radius 3 is 1.49 bits per heavy atom. The van der Waals surface area contributed by atoms with Gasteiger partial charge < -0.3 is 64.7 Å². The molecule has 2 aromatic carbocycles. The van der Waals surface area contributed by atoms with E-state index in [2.05, 4.69) is 25.9 Å². The van der Waals surface area contributed by atoms with Crippen LogP contribution in [0.15, 0.2) is 81.9 Å². The first-order valence-electron chi connectivity index (χ1n) is 26.2. The lowest BCUT2D eigenvalue weighted by molar-refractivity contribution is -0.148. The number of carbonyl (C=O) groups is 8. The number of aromatic nitrogens is 2. The molecule has 0 radical (unpaired) electrons. The van der Waals surface area contributed by atoms with Crippen LogP contribution in [0.1, 0.15) is 93.2 Å². The molecule has 81 heavy (non-hydrogen) atoms. The number of benzene rings is 2. The number of rotatable bonds is 11. The van der Waals surface area contributed by atoms with Gasteiger partial charge in [-0.05, 0) is 112 Å². The van der Waals surface area contributed by atoms with Crippen molar-refractivity contribution < 1.29 is 61.8 Å². The van der Waals surface area contributed by atoms with E-state index in [1.807, 2.05) is 9.80 Å². The zero-order chi connectivity index (χ0) is 58.1. The summed E-state index contributed by atoms with van der Waals surface area (Å²) >= 11 is 11.7. The second-order valence-corrected chi connectivity index (χ2v) is 21.1. The molecule has 0 atom stereocenters. The molecule has 0 unspecified atom stereocenters. The standard InChI is InChI=1S/C28H30ClN5O6.C17H15ClN4O3.C11H17NO4/c1-33(2)28(38)17-5-9-21-20(13-17)24(25(40-21)27(37)31-22-10-6-18(29)14-30-22)32-26(36)16-3-7-19(8-4-16)34-11-12-39-15-23(34)35;1-22(2)17(24)9-3-5-12-11(7-9)14(19)15(25-12)16(23)21-13-6-4-10(18)8-20-13;13-10-7-16-6-5-12(10)9-3-1-8(2-4-9)11(14)15/h5-6,9-10,13-14,16,19H,3-4,7-8,11-12,15H2,1-2H3,(H,32,36)(H,30,31,37);3-8H,19H2,1-2H3,(H,20,21,23);8-9H,1-7H2,(H,14,15). The maximum absolute atomic E-state index is 13.5. The number of ether oxygens (including phenoxy) is 2. The van der Waals surface area contributed by atoms with E-state index in [1.54, 1.807) is 88.9 Å². The summed E-state index contributed by atoms with van der Waals surface area (Å²) in [5.41, 5.74) is 7.99. The Morgan fingerprint density at radius 1 is 0.605 bits per heavy atom. The van der Waals surface area contributed by atoms with Gasteiger partial charge in [-0.25, -0.2) is 9.97 Å². The van der Waals surface area contributed by atoms with E-state index in [-0.39, 0.29) is 95.4 Å². The van der Waals surface area contributed by atoms with Crippen LogP contribution in [0.4, 0.5) is 23.0 Å². The first-order valence-corrected chi connectivity index (χ1v) is 27.0. The number of nitrogens with two attached hydrogens (primary N) is 1. The van der Waals surface area contributed by atoms with Crippen LogP contribution in [0.3, 0.4) is 0 Å². The van der Waals surface area contributed by atoms with E-state index in [0.29, 0.717) is 114 Å². The fourth-order valence-electron chi connectivity index (χ4n) is 10.0. The quantitative estimate of drug-likeness (QED) is 0.0850. The van der Waals surface area contributed by atoms with Crippen LogP contribution >= 0.6 is 23.2 Å². The largest absolute Gasteiger partial charge is 0.481 e. The smallest absolute Gasteiger partial charge is 0.306 e. The first kappa shape index (κ1) is 59.0. The number of hydrogen-bond donors (Lipinski definition) is 5. The maximum atomic E-state index is 13.5. The minimum absolute atomic E-state index is 0.0158. The third-order valence-corrected chi connectivity index (χ3v) is 14.8. The van der Waals surface area contributed by atoms with Gasteiger partial charge in [-0.1, -0.05) is 23.2 Å². The number of carbonyl (C=O) groups excluding carboxylic acids is 7. The molecule has 2 aliphatic heterocycles. The molecule has 6 heterocycles. The van der Waals surface area contributed by atoms with Crippen molar-refractivity contribution in [1.82, 2.24) is 29.6 Å². The third-order valence-electron chi connectivity index (χ3n) is 14.4. The van der Waals surface area contributed by atoms with Crippen molar-refractivity contribution in [2.24, 2.45) is 11.8 Å². The summed E-state index contributed by atoms with van der Waals surface area (Å²) in [6.45, 7) is 2.62. The molecule has 23 nitrogen and oxygen atoms in total. The molecular formula is C56H62Cl2N10O13. The number of aliphatic carboxylic acids is 1. The average Bonchev–Trinajstić information content (AvgIpc) is 4.26. The van der Waals surface area contributed by atoms with Crippen LogP contribution in [-0.4, -0.2) is 162 Å². The first-order chi connectivity index (χ1) is 38.8. The Morgan fingerprint density at radius 2 is 1.05 bits per heavy atom. The number of anilines is 4. The van der Waals surface area contributed by atoms with Crippen molar-refractivity contribution in [1.29, 1.82) is 0 Å². The molecule has 0 spiro atoms. The molecule has 4 fully saturated rings. The van der Waals surface area contributed by atoms with Crippen LogP contribution < -0.4 is 21.7 Å². The summed E-state index contributed by atoms with van der Waals surface area (Å²) in [7, 11) is 6.60. The van der Waals surface area contributed by atoms with Gasteiger partial charge >= 0.3 is 5.97 Å². The van der Waals surface area contributed by atoms with E-state index in [4.69, 9.17) is 52.4 Å².